The van der Waals surface area contributed by atoms with E-state index in [1.54, 1.807) is 30.3 Å². The Kier molecular flexibility index (Phi) is 10.6. The number of alkyl halides is 6. The summed E-state index contributed by atoms with van der Waals surface area (Å²) in [5.41, 5.74) is -3.78. The van der Waals surface area contributed by atoms with Crippen LogP contribution in [0.2, 0.25) is 0 Å². The number of ether oxygens (including phenoxy) is 2. The molecule has 4 amide bonds. The second-order valence-corrected chi connectivity index (χ2v) is 18.1. The van der Waals surface area contributed by atoms with Crippen molar-refractivity contribution in [3.63, 3.8) is 0 Å². The number of halogens is 6. The van der Waals surface area contributed by atoms with Crippen molar-refractivity contribution in [1.29, 1.82) is 0 Å². The van der Waals surface area contributed by atoms with Gasteiger partial charge in [-0.3, -0.25) is 24.1 Å². The third-order valence-corrected chi connectivity index (χ3v) is 14.0. The van der Waals surface area contributed by atoms with Crippen molar-refractivity contribution in [2.45, 2.75) is 30.1 Å². The van der Waals surface area contributed by atoms with E-state index in [2.05, 4.69) is 24.3 Å². The summed E-state index contributed by atoms with van der Waals surface area (Å²) in [6.07, 6.45) is -12.1. The van der Waals surface area contributed by atoms with Crippen LogP contribution in [-0.2, 0) is 10.8 Å². The summed E-state index contributed by atoms with van der Waals surface area (Å²) in [5.74, 6) is -3.36. The van der Waals surface area contributed by atoms with Crippen molar-refractivity contribution in [3.8, 4) is 45.6 Å². The molecule has 0 saturated carbocycles. The first kappa shape index (κ1) is 47.2. The zero-order valence-corrected chi connectivity index (χ0v) is 38.7. The number of phenols is 2. The van der Waals surface area contributed by atoms with Gasteiger partial charge in [0.15, 0.2) is 0 Å². The fourth-order valence-electron chi connectivity index (χ4n) is 10.6. The maximum absolute atomic E-state index is 15.1. The van der Waals surface area contributed by atoms with Gasteiger partial charge < -0.3 is 19.7 Å². The lowest BCUT2D eigenvalue weighted by molar-refractivity contribution is -0.288. The van der Waals surface area contributed by atoms with Crippen LogP contribution in [0.15, 0.2) is 170 Å². The first-order chi connectivity index (χ1) is 35.2. The zero-order chi connectivity index (χ0) is 52.2. The highest BCUT2D eigenvalue weighted by molar-refractivity contribution is 6.35. The van der Waals surface area contributed by atoms with Gasteiger partial charge >= 0.3 is 12.4 Å². The zero-order valence-electron chi connectivity index (χ0n) is 38.7. The quantitative estimate of drug-likeness (QED) is 0.108. The van der Waals surface area contributed by atoms with Crippen molar-refractivity contribution < 1.29 is 65.2 Å². The molecule has 0 bridgehead atoms. The number of carbonyl (C=O) groups is 4. The average Bonchev–Trinajstić information content (AvgIpc) is 3.91. The van der Waals surface area contributed by atoms with Crippen LogP contribution in [-0.4, -0.2) is 58.1 Å². The summed E-state index contributed by atoms with van der Waals surface area (Å²) in [5, 5.41) is 20.9. The topological polar surface area (TPSA) is 134 Å². The first-order valence-electron chi connectivity index (χ1n) is 22.8. The normalized spacial score (nSPS) is 14.8. The monoisotopic (exact) mass is 1000 g/mol. The molecule has 3 aliphatic rings. The number of hydrogen-bond acceptors (Lipinski definition) is 8. The molecule has 0 unspecified atom stereocenters. The Morgan fingerprint density at radius 1 is 0.446 bits per heavy atom. The number of fused-ring (bicyclic) bond motifs is 5. The lowest BCUT2D eigenvalue weighted by Gasteiger charge is -2.39. The van der Waals surface area contributed by atoms with Gasteiger partial charge in [0.05, 0.1) is 33.4 Å². The van der Waals surface area contributed by atoms with Crippen LogP contribution in [0.25, 0.3) is 11.1 Å². The fraction of sp³-hybridized carbons (Fsp3) is 0.103. The van der Waals surface area contributed by atoms with E-state index >= 15 is 26.3 Å². The maximum atomic E-state index is 15.1. The molecule has 2 heterocycles. The molecule has 16 heteroatoms. The number of rotatable bonds is 9. The Hall–Kier alpha value is -9.18. The van der Waals surface area contributed by atoms with Gasteiger partial charge in [0.2, 0.25) is 5.41 Å². The number of aryl methyl sites for hydroxylation is 1. The van der Waals surface area contributed by atoms with Gasteiger partial charge in [0.25, 0.3) is 23.6 Å². The Labute approximate surface area is 416 Å². The number of aromatic hydroxyl groups is 2. The van der Waals surface area contributed by atoms with E-state index in [1.807, 2.05) is 60.7 Å². The lowest BCUT2D eigenvalue weighted by atomic mass is 9.68. The van der Waals surface area contributed by atoms with Crippen molar-refractivity contribution in [1.82, 2.24) is 4.90 Å². The summed E-state index contributed by atoms with van der Waals surface area (Å²) < 4.78 is 103. The van der Waals surface area contributed by atoms with Crippen molar-refractivity contribution in [3.05, 3.63) is 231 Å². The minimum atomic E-state index is -6.05. The van der Waals surface area contributed by atoms with Gasteiger partial charge in [-0.25, -0.2) is 4.90 Å². The maximum Gasteiger partial charge on any atom is 0.411 e. The van der Waals surface area contributed by atoms with Crippen LogP contribution in [0.4, 0.5) is 32.0 Å². The van der Waals surface area contributed by atoms with Crippen LogP contribution >= 0.6 is 0 Å². The molecule has 74 heavy (non-hydrogen) atoms. The molecule has 10 nitrogen and oxygen atoms in total. The van der Waals surface area contributed by atoms with Crippen molar-refractivity contribution in [2.75, 3.05) is 11.9 Å². The predicted molar refractivity (Wildman–Crippen MR) is 258 cm³/mol. The number of hydrogen-bond donors (Lipinski definition) is 2. The summed E-state index contributed by atoms with van der Waals surface area (Å²) in [6, 6.07) is 42.4. The second kappa shape index (κ2) is 16.7. The van der Waals surface area contributed by atoms with E-state index in [0.29, 0.717) is 64.1 Å². The van der Waals surface area contributed by atoms with E-state index in [-0.39, 0.29) is 33.9 Å². The molecule has 368 valence electrons. The van der Waals surface area contributed by atoms with Crippen molar-refractivity contribution >= 4 is 29.3 Å². The molecule has 2 N–H and O–H groups in total. The summed E-state index contributed by atoms with van der Waals surface area (Å²) in [7, 11) is 1.42. The van der Waals surface area contributed by atoms with E-state index in [4.69, 9.17) is 9.47 Å². The molecule has 8 aromatic rings. The van der Waals surface area contributed by atoms with Gasteiger partial charge in [0.1, 0.15) is 34.5 Å². The smallest absolute Gasteiger partial charge is 0.411 e. The van der Waals surface area contributed by atoms with Crippen LogP contribution in [0, 0.1) is 6.92 Å². The molecule has 0 fully saturated rings. The first-order valence-corrected chi connectivity index (χ1v) is 22.8. The van der Waals surface area contributed by atoms with Gasteiger partial charge in [-0.1, -0.05) is 91.0 Å². The third kappa shape index (κ3) is 6.88. The van der Waals surface area contributed by atoms with Crippen LogP contribution in [0.5, 0.6) is 34.5 Å². The lowest BCUT2D eigenvalue weighted by Crippen LogP contribution is -2.54. The number of carbonyl (C=O) groups excluding carboxylic acids is 4. The Bertz CT molecular complexity index is 3640. The molecule has 11 rings (SSSR count). The number of phenolic OH excluding ortho intramolecular Hbond substituents is 2. The van der Waals surface area contributed by atoms with Gasteiger partial charge in [-0.05, 0) is 136 Å². The molecule has 0 atom stereocenters. The highest BCUT2D eigenvalue weighted by atomic mass is 19.4. The molecular weight excluding hydrogens is 967 g/mol. The minimum Gasteiger partial charge on any atom is -0.508 e. The number of nitrogens with zero attached hydrogens (tertiary/aromatic N) is 2. The Balaban J connectivity index is 0.909. The molecular formula is C58H36F6N2O8. The molecule has 0 aromatic heterocycles. The van der Waals surface area contributed by atoms with Gasteiger partial charge in [-0.2, -0.15) is 26.3 Å². The number of anilines is 1. The number of amides is 4. The summed E-state index contributed by atoms with van der Waals surface area (Å²) >= 11 is 0. The molecule has 0 spiro atoms. The minimum absolute atomic E-state index is 0.0570. The van der Waals surface area contributed by atoms with Crippen LogP contribution in [0.3, 0.4) is 0 Å². The number of benzene rings is 8. The third-order valence-electron chi connectivity index (χ3n) is 14.0. The van der Waals surface area contributed by atoms with Gasteiger partial charge in [0, 0.05) is 7.05 Å². The highest BCUT2D eigenvalue weighted by Crippen LogP contribution is 2.59. The van der Waals surface area contributed by atoms with Crippen molar-refractivity contribution in [2.24, 2.45) is 0 Å². The number of imide groups is 2. The molecule has 0 saturated heterocycles. The largest absolute Gasteiger partial charge is 0.508 e. The van der Waals surface area contributed by atoms with Crippen LogP contribution in [0.1, 0.15) is 80.4 Å². The standard InChI is InChI=1S/C58H36F6N2O8/c1-31-27-34(15-25-49(31)67)56(57(59,60)61,58(62,63)64)35-16-26-50(68)48(28-35)66-53(71)43-24-22-39(30-45(43)54(66)72)74-37-19-13-33(14-20-37)55(46-9-5-3-7-40(46)41-8-4-6-10-47(41)55)32-11-17-36(18-12-32)73-38-21-23-42-44(29-38)52(70)65(2)51(42)69/h3-30,67-68H,1-2H3. The van der Waals surface area contributed by atoms with E-state index in [0.717, 1.165) is 45.2 Å². The van der Waals surface area contributed by atoms with E-state index < -0.39 is 69.2 Å². The molecule has 1 aliphatic carbocycles. The van der Waals surface area contributed by atoms with Gasteiger partial charge in [-0.15, -0.1) is 0 Å². The van der Waals surface area contributed by atoms with Crippen LogP contribution < -0.4 is 14.4 Å². The van der Waals surface area contributed by atoms with E-state index in [9.17, 15) is 29.4 Å². The fourth-order valence-corrected chi connectivity index (χ4v) is 10.6. The Morgan fingerprint density at radius 3 is 1.36 bits per heavy atom. The second-order valence-electron chi connectivity index (χ2n) is 18.1. The molecule has 0 radical (unpaired) electrons. The highest BCUT2D eigenvalue weighted by Gasteiger charge is 2.72. The molecule has 8 aromatic carbocycles. The Morgan fingerprint density at radius 2 is 0.865 bits per heavy atom. The summed E-state index contributed by atoms with van der Waals surface area (Å²) in [4.78, 5) is 54.4. The predicted octanol–water partition coefficient (Wildman–Crippen LogP) is 12.8. The summed E-state index contributed by atoms with van der Waals surface area (Å²) in [6.45, 7) is 1.13. The SMILES string of the molecule is Cc1cc(C(c2ccc(O)c(N3C(=O)c4ccc(Oc5ccc(C6(c7ccc(Oc8ccc9c(c8)C(=O)N(C)C9=O)cc7)c7ccccc7-c7ccccc76)cc5)cc4C3=O)c2)(C(F)(F)F)C(F)(F)F)ccc1O. The molecule has 2 aliphatic heterocycles. The van der Waals surface area contributed by atoms with E-state index in [1.165, 1.54) is 25.2 Å². The average molecular weight is 1000 g/mol.